The molecule has 0 radical (unpaired) electrons. The highest BCUT2D eigenvalue weighted by Gasteiger charge is 2.38. The first-order chi connectivity index (χ1) is 15.1. The summed E-state index contributed by atoms with van der Waals surface area (Å²) in [4.78, 5) is 41.2. The number of hydrogen-bond acceptors (Lipinski definition) is 9. The Morgan fingerprint density at radius 2 is 2.19 bits per heavy atom. The molecule has 1 aliphatic rings. The predicted octanol–water partition coefficient (Wildman–Crippen LogP) is 0.765. The van der Waals surface area contributed by atoms with E-state index >= 15 is 0 Å². The molecule has 14 heteroatoms. The van der Waals surface area contributed by atoms with Gasteiger partial charge in [0, 0.05) is 12.1 Å². The molecule has 0 aliphatic carbocycles. The fourth-order valence-corrected chi connectivity index (χ4v) is 3.89. The molecule has 7 N–H and O–H groups in total. The summed E-state index contributed by atoms with van der Waals surface area (Å²) in [6.45, 7) is 1.50. The van der Waals surface area contributed by atoms with Gasteiger partial charge in [-0.25, -0.2) is 9.55 Å². The number of imidazole rings is 1. The van der Waals surface area contributed by atoms with Crippen LogP contribution in [0.3, 0.4) is 0 Å². The van der Waals surface area contributed by atoms with Crippen LogP contribution in [0.4, 0.5) is 17.6 Å². The molecule has 0 unspecified atom stereocenters. The molecule has 172 valence electrons. The van der Waals surface area contributed by atoms with E-state index in [1.807, 2.05) is 31.2 Å². The lowest BCUT2D eigenvalue weighted by atomic mass is 10.1. The van der Waals surface area contributed by atoms with Crippen molar-refractivity contribution in [1.29, 1.82) is 0 Å². The van der Waals surface area contributed by atoms with Crippen molar-refractivity contribution in [1.82, 2.24) is 19.5 Å². The molecular formula is C18H23N6O7P. The van der Waals surface area contributed by atoms with Crippen LogP contribution in [-0.2, 0) is 20.2 Å². The first kappa shape index (κ1) is 22.4. The lowest BCUT2D eigenvalue weighted by molar-refractivity contribution is -0.0417. The Balaban J connectivity index is 1.73. The van der Waals surface area contributed by atoms with Crippen LogP contribution >= 0.6 is 7.82 Å². The minimum Gasteiger partial charge on any atom is -0.390 e. The molecule has 3 atom stereocenters. The fourth-order valence-electron chi connectivity index (χ4n) is 3.55. The van der Waals surface area contributed by atoms with Gasteiger partial charge in [-0.15, -0.1) is 0 Å². The predicted molar refractivity (Wildman–Crippen MR) is 114 cm³/mol. The molecule has 1 aliphatic heterocycles. The van der Waals surface area contributed by atoms with Gasteiger partial charge in [-0.1, -0.05) is 19.1 Å². The summed E-state index contributed by atoms with van der Waals surface area (Å²) >= 11 is 0. The average molecular weight is 466 g/mol. The summed E-state index contributed by atoms with van der Waals surface area (Å²) in [6.07, 6.45) is -2.09. The number of anilines is 3. The lowest BCUT2D eigenvalue weighted by Gasteiger charge is -2.18. The van der Waals surface area contributed by atoms with E-state index in [1.165, 1.54) is 4.57 Å². The SMILES string of the molecule is CCc1cccc(Nc2nc3c(=O)[nH]c(N)nc3n2[C@H]2C[C@H](O)[C@@H](COP(=O)(O)O)O2)c1. The van der Waals surface area contributed by atoms with Crippen molar-refractivity contribution in [3.05, 3.63) is 40.2 Å². The second-order valence-corrected chi connectivity index (χ2v) is 8.57. The maximum Gasteiger partial charge on any atom is 0.469 e. The number of rotatable bonds is 7. The van der Waals surface area contributed by atoms with Crippen LogP contribution in [-0.4, -0.2) is 53.2 Å². The molecule has 0 spiro atoms. The smallest absolute Gasteiger partial charge is 0.390 e. The number of hydrogen-bond donors (Lipinski definition) is 6. The molecule has 4 rings (SSSR count). The normalized spacial score (nSPS) is 21.3. The number of aromatic amines is 1. The van der Waals surface area contributed by atoms with E-state index in [-0.39, 0.29) is 29.5 Å². The Hall–Kier alpha value is -2.80. The number of aromatic nitrogens is 4. The van der Waals surface area contributed by atoms with Crippen molar-refractivity contribution < 1.29 is 28.7 Å². The Bertz CT molecular complexity index is 1240. The minimum atomic E-state index is -4.74. The molecule has 0 saturated carbocycles. The summed E-state index contributed by atoms with van der Waals surface area (Å²) in [5.74, 6) is 0.105. The number of nitrogen functional groups attached to an aromatic ring is 1. The van der Waals surface area contributed by atoms with E-state index in [4.69, 9.17) is 20.3 Å². The summed E-state index contributed by atoms with van der Waals surface area (Å²) in [5, 5.41) is 13.5. The Morgan fingerprint density at radius 3 is 2.91 bits per heavy atom. The maximum absolute atomic E-state index is 12.4. The van der Waals surface area contributed by atoms with Gasteiger partial charge in [0.25, 0.3) is 5.56 Å². The first-order valence-electron chi connectivity index (χ1n) is 9.82. The molecule has 32 heavy (non-hydrogen) atoms. The largest absolute Gasteiger partial charge is 0.469 e. The molecule has 1 aromatic carbocycles. The summed E-state index contributed by atoms with van der Waals surface area (Å²) in [7, 11) is -4.74. The number of phosphoric acid groups is 1. The highest BCUT2D eigenvalue weighted by molar-refractivity contribution is 7.46. The zero-order chi connectivity index (χ0) is 23.0. The zero-order valence-corrected chi connectivity index (χ0v) is 17.9. The van der Waals surface area contributed by atoms with Crippen molar-refractivity contribution in [2.75, 3.05) is 17.7 Å². The second-order valence-electron chi connectivity index (χ2n) is 7.33. The van der Waals surface area contributed by atoms with Crippen LogP contribution in [0, 0.1) is 0 Å². The van der Waals surface area contributed by atoms with Gasteiger partial charge in [0.05, 0.1) is 12.7 Å². The number of aliphatic hydroxyl groups excluding tert-OH is 1. The van der Waals surface area contributed by atoms with Crippen LogP contribution in [0.1, 0.15) is 25.1 Å². The number of nitrogens with two attached hydrogens (primary N) is 1. The molecular weight excluding hydrogens is 443 g/mol. The van der Waals surface area contributed by atoms with Crippen molar-refractivity contribution in [3.8, 4) is 0 Å². The monoisotopic (exact) mass is 466 g/mol. The number of aryl methyl sites for hydroxylation is 1. The third kappa shape index (κ3) is 4.67. The van der Waals surface area contributed by atoms with Gasteiger partial charge >= 0.3 is 7.82 Å². The standard InChI is InChI=1S/C18H23N6O7P/c1-2-9-4-3-5-10(6-9)20-18-21-14-15(22-17(19)23-16(14)26)24(18)13-7-11(25)12(31-13)8-30-32(27,28)29/h3-6,11-13,25H,2,7-8H2,1H3,(H,20,21)(H2,27,28,29)(H3,19,22,23,26)/t11-,12+,13+/m0/s1. The number of phosphoric ester groups is 1. The van der Waals surface area contributed by atoms with Crippen molar-refractivity contribution in [2.45, 2.75) is 38.2 Å². The Morgan fingerprint density at radius 1 is 1.41 bits per heavy atom. The first-order valence-corrected chi connectivity index (χ1v) is 11.3. The van der Waals surface area contributed by atoms with E-state index in [2.05, 4.69) is 24.8 Å². The molecule has 13 nitrogen and oxygen atoms in total. The zero-order valence-electron chi connectivity index (χ0n) is 17.0. The molecule has 0 amide bonds. The molecule has 3 aromatic rings. The van der Waals surface area contributed by atoms with Gasteiger partial charge in [-0.3, -0.25) is 18.9 Å². The van der Waals surface area contributed by atoms with Crippen molar-refractivity contribution in [3.63, 3.8) is 0 Å². The van der Waals surface area contributed by atoms with E-state index in [0.717, 1.165) is 12.0 Å². The number of nitrogens with zero attached hydrogens (tertiary/aromatic N) is 3. The second kappa shape index (κ2) is 8.62. The third-order valence-corrected chi connectivity index (χ3v) is 5.54. The number of benzene rings is 1. The summed E-state index contributed by atoms with van der Waals surface area (Å²) in [5.41, 5.74) is 7.12. The number of fused-ring (bicyclic) bond motifs is 1. The minimum absolute atomic E-state index is 0.0151. The van der Waals surface area contributed by atoms with E-state index in [0.29, 0.717) is 5.69 Å². The molecule has 0 bridgehead atoms. The van der Waals surface area contributed by atoms with Crippen LogP contribution in [0.15, 0.2) is 29.1 Å². The molecule has 3 heterocycles. The van der Waals surface area contributed by atoms with Gasteiger partial charge < -0.3 is 30.7 Å². The van der Waals surface area contributed by atoms with Gasteiger partial charge in [-0.2, -0.15) is 4.98 Å². The highest BCUT2D eigenvalue weighted by Crippen LogP contribution is 2.39. The van der Waals surface area contributed by atoms with E-state index in [9.17, 15) is 14.5 Å². The summed E-state index contributed by atoms with van der Waals surface area (Å²) < 4.78 is 22.8. The topological polar surface area (TPSA) is 198 Å². The number of ether oxygens (including phenoxy) is 1. The maximum atomic E-state index is 12.4. The Labute approximate surface area is 181 Å². The average Bonchev–Trinajstić information content (AvgIpc) is 3.26. The number of H-pyrrole nitrogens is 1. The number of aliphatic hydroxyl groups is 1. The van der Waals surface area contributed by atoms with Crippen LogP contribution in [0.2, 0.25) is 0 Å². The quantitative estimate of drug-likeness (QED) is 0.269. The number of nitrogens with one attached hydrogen (secondary N) is 2. The van der Waals surface area contributed by atoms with Crippen LogP contribution in [0.5, 0.6) is 0 Å². The van der Waals surface area contributed by atoms with Gasteiger partial charge in [0.15, 0.2) is 11.2 Å². The molecule has 1 fully saturated rings. The van der Waals surface area contributed by atoms with Gasteiger partial charge in [-0.05, 0) is 24.1 Å². The van der Waals surface area contributed by atoms with Gasteiger partial charge in [0.1, 0.15) is 12.3 Å². The van der Waals surface area contributed by atoms with E-state index in [1.54, 1.807) is 0 Å². The Kier molecular flexibility index (Phi) is 6.03. The van der Waals surface area contributed by atoms with Crippen molar-refractivity contribution in [2.24, 2.45) is 0 Å². The van der Waals surface area contributed by atoms with E-state index < -0.39 is 38.4 Å². The van der Waals surface area contributed by atoms with Crippen LogP contribution in [0.25, 0.3) is 11.2 Å². The molecule has 2 aromatic heterocycles. The molecule has 1 saturated heterocycles. The van der Waals surface area contributed by atoms with Gasteiger partial charge in [0.2, 0.25) is 11.9 Å². The summed E-state index contributed by atoms with van der Waals surface area (Å²) in [6, 6.07) is 7.61. The lowest BCUT2D eigenvalue weighted by Crippen LogP contribution is -2.26. The van der Waals surface area contributed by atoms with Crippen LogP contribution < -0.4 is 16.6 Å². The highest BCUT2D eigenvalue weighted by atomic mass is 31.2. The fraction of sp³-hybridized carbons (Fsp3) is 0.389. The van der Waals surface area contributed by atoms with Crippen molar-refractivity contribution >= 4 is 36.6 Å². The third-order valence-electron chi connectivity index (χ3n) is 5.06.